The van der Waals surface area contributed by atoms with Crippen LogP contribution < -0.4 is 5.32 Å². The summed E-state index contributed by atoms with van der Waals surface area (Å²) < 4.78 is 0. The summed E-state index contributed by atoms with van der Waals surface area (Å²) in [7, 11) is 1.86. The maximum atomic E-state index is 4.26. The molecule has 3 heteroatoms. The van der Waals surface area contributed by atoms with Gasteiger partial charge in [-0.3, -0.25) is 0 Å². The van der Waals surface area contributed by atoms with E-state index in [1.54, 1.807) is 0 Å². The van der Waals surface area contributed by atoms with Gasteiger partial charge in [0.15, 0.2) is 5.95 Å². The van der Waals surface area contributed by atoms with Gasteiger partial charge in [0.25, 0.3) is 0 Å². The molecule has 1 heterocycles. The predicted molar refractivity (Wildman–Crippen MR) is 72.4 cm³/mol. The molecule has 0 saturated heterocycles. The maximum absolute atomic E-state index is 4.26. The predicted octanol–water partition coefficient (Wildman–Crippen LogP) is 3.55. The van der Waals surface area contributed by atoms with Gasteiger partial charge in [-0.2, -0.15) is 0 Å². The topological polar surface area (TPSA) is 40.7 Å². The van der Waals surface area contributed by atoms with Crippen LogP contribution in [0.2, 0.25) is 0 Å². The highest BCUT2D eigenvalue weighted by molar-refractivity contribution is 5.65. The summed E-state index contributed by atoms with van der Waals surface area (Å²) in [4.78, 5) is 7.52. The number of nitrogens with zero attached hydrogens (tertiary/aromatic N) is 1. The molecule has 0 aliphatic rings. The molecule has 0 amide bonds. The van der Waals surface area contributed by atoms with Crippen molar-refractivity contribution >= 4 is 5.95 Å². The van der Waals surface area contributed by atoms with Crippen LogP contribution in [0, 0.1) is 6.92 Å². The fourth-order valence-electron chi connectivity index (χ4n) is 1.87. The number of rotatable bonds is 3. The van der Waals surface area contributed by atoms with Crippen molar-refractivity contribution < 1.29 is 0 Å². The summed E-state index contributed by atoms with van der Waals surface area (Å²) in [5.74, 6) is 1.34. The number of hydrogen-bond donors (Lipinski definition) is 2. The minimum Gasteiger partial charge on any atom is -0.359 e. The molecule has 3 nitrogen and oxygen atoms in total. The Kier molecular flexibility index (Phi) is 3.18. The number of nitrogens with one attached hydrogen (secondary N) is 2. The molecule has 17 heavy (non-hydrogen) atoms. The van der Waals surface area contributed by atoms with E-state index in [0.29, 0.717) is 5.92 Å². The zero-order valence-corrected chi connectivity index (χ0v) is 10.8. The van der Waals surface area contributed by atoms with E-state index in [1.165, 1.54) is 16.7 Å². The third-order valence-electron chi connectivity index (χ3n) is 3.03. The average molecular weight is 229 g/mol. The molecule has 0 aliphatic carbocycles. The van der Waals surface area contributed by atoms with Gasteiger partial charge in [0.1, 0.15) is 0 Å². The Bertz CT molecular complexity index is 512. The zero-order chi connectivity index (χ0) is 12.4. The monoisotopic (exact) mass is 229 g/mol. The van der Waals surface area contributed by atoms with Crippen molar-refractivity contribution in [2.75, 3.05) is 12.4 Å². The largest absolute Gasteiger partial charge is 0.359 e. The van der Waals surface area contributed by atoms with E-state index in [-0.39, 0.29) is 0 Å². The van der Waals surface area contributed by atoms with Crippen molar-refractivity contribution in [1.82, 2.24) is 9.97 Å². The average Bonchev–Trinajstić information content (AvgIpc) is 2.77. The van der Waals surface area contributed by atoms with Gasteiger partial charge in [-0.15, -0.1) is 0 Å². The molecule has 2 rings (SSSR count). The van der Waals surface area contributed by atoms with E-state index >= 15 is 0 Å². The molecular formula is C14H19N3. The van der Waals surface area contributed by atoms with Gasteiger partial charge in [-0.05, 0) is 30.0 Å². The summed E-state index contributed by atoms with van der Waals surface area (Å²) in [6.07, 6.45) is 1.87. The van der Waals surface area contributed by atoms with E-state index in [9.17, 15) is 0 Å². The Morgan fingerprint density at radius 2 is 2.06 bits per heavy atom. The SMILES string of the molecule is CNc1ncc(-c2cc(C(C)C)ccc2C)[nH]1. The first kappa shape index (κ1) is 11.7. The maximum Gasteiger partial charge on any atom is 0.200 e. The van der Waals surface area contributed by atoms with Crippen molar-refractivity contribution in [3.8, 4) is 11.3 Å². The van der Waals surface area contributed by atoms with Crippen LogP contribution in [0.15, 0.2) is 24.4 Å². The van der Waals surface area contributed by atoms with Gasteiger partial charge in [-0.1, -0.05) is 26.0 Å². The molecule has 1 aromatic heterocycles. The number of aryl methyl sites for hydroxylation is 1. The van der Waals surface area contributed by atoms with Gasteiger partial charge in [-0.25, -0.2) is 4.98 Å². The molecule has 1 aromatic carbocycles. The van der Waals surface area contributed by atoms with Gasteiger partial charge in [0, 0.05) is 12.6 Å². The lowest BCUT2D eigenvalue weighted by Gasteiger charge is -2.10. The smallest absolute Gasteiger partial charge is 0.200 e. The first-order chi connectivity index (χ1) is 8.11. The second-order valence-corrected chi connectivity index (χ2v) is 4.62. The number of imidazole rings is 1. The first-order valence-electron chi connectivity index (χ1n) is 5.95. The third kappa shape index (κ3) is 2.33. The highest BCUT2D eigenvalue weighted by Crippen LogP contribution is 2.26. The number of aromatic amines is 1. The Morgan fingerprint density at radius 1 is 1.29 bits per heavy atom. The number of hydrogen-bond acceptors (Lipinski definition) is 2. The summed E-state index contributed by atoms with van der Waals surface area (Å²) >= 11 is 0. The van der Waals surface area contributed by atoms with Crippen molar-refractivity contribution in [3.63, 3.8) is 0 Å². The Hall–Kier alpha value is -1.77. The van der Waals surface area contributed by atoms with Crippen LogP contribution in [0.4, 0.5) is 5.95 Å². The fraction of sp³-hybridized carbons (Fsp3) is 0.357. The molecule has 0 radical (unpaired) electrons. The van der Waals surface area contributed by atoms with Crippen LogP contribution in [0.1, 0.15) is 30.9 Å². The zero-order valence-electron chi connectivity index (χ0n) is 10.8. The van der Waals surface area contributed by atoms with Crippen LogP contribution >= 0.6 is 0 Å². The van der Waals surface area contributed by atoms with Crippen LogP contribution in [0.25, 0.3) is 11.3 Å². The lowest BCUT2D eigenvalue weighted by molar-refractivity contribution is 0.866. The molecule has 2 aromatic rings. The minimum atomic E-state index is 0.543. The minimum absolute atomic E-state index is 0.543. The van der Waals surface area contributed by atoms with E-state index in [0.717, 1.165) is 11.6 Å². The highest BCUT2D eigenvalue weighted by Gasteiger charge is 2.08. The van der Waals surface area contributed by atoms with Crippen molar-refractivity contribution in [1.29, 1.82) is 0 Å². The first-order valence-corrected chi connectivity index (χ1v) is 5.95. The van der Waals surface area contributed by atoms with Crippen LogP contribution in [-0.4, -0.2) is 17.0 Å². The van der Waals surface area contributed by atoms with Gasteiger partial charge >= 0.3 is 0 Å². The molecule has 2 N–H and O–H groups in total. The molecular weight excluding hydrogens is 210 g/mol. The highest BCUT2D eigenvalue weighted by atomic mass is 15.1. The summed E-state index contributed by atoms with van der Waals surface area (Å²) in [5.41, 5.74) is 4.91. The van der Waals surface area contributed by atoms with Gasteiger partial charge in [0.2, 0.25) is 0 Å². The van der Waals surface area contributed by atoms with Gasteiger partial charge in [0.05, 0.1) is 11.9 Å². The summed E-state index contributed by atoms with van der Waals surface area (Å²) in [6.45, 7) is 6.54. The van der Waals surface area contributed by atoms with Gasteiger partial charge < -0.3 is 10.3 Å². The Balaban J connectivity index is 2.46. The van der Waals surface area contributed by atoms with E-state index in [4.69, 9.17) is 0 Å². The number of aromatic nitrogens is 2. The molecule has 0 aliphatic heterocycles. The molecule has 0 fully saturated rings. The Labute approximate surface area is 102 Å². The normalized spacial score (nSPS) is 10.9. The number of anilines is 1. The molecule has 0 unspecified atom stereocenters. The van der Waals surface area contributed by atoms with Crippen molar-refractivity contribution in [3.05, 3.63) is 35.5 Å². The summed E-state index contributed by atoms with van der Waals surface area (Å²) in [5, 5.41) is 3.01. The standard InChI is InChI=1S/C14H19N3/c1-9(2)11-6-5-10(3)12(7-11)13-8-16-14(15-4)17-13/h5-9H,1-4H3,(H2,15,16,17). The molecule has 0 bridgehead atoms. The lowest BCUT2D eigenvalue weighted by Crippen LogP contribution is -1.92. The second-order valence-electron chi connectivity index (χ2n) is 4.62. The van der Waals surface area contributed by atoms with E-state index < -0.39 is 0 Å². The van der Waals surface area contributed by atoms with E-state index in [2.05, 4.69) is 54.3 Å². The fourth-order valence-corrected chi connectivity index (χ4v) is 1.87. The Morgan fingerprint density at radius 3 is 2.65 bits per heavy atom. The van der Waals surface area contributed by atoms with E-state index in [1.807, 2.05) is 13.2 Å². The number of H-pyrrole nitrogens is 1. The van der Waals surface area contributed by atoms with Crippen molar-refractivity contribution in [2.24, 2.45) is 0 Å². The van der Waals surface area contributed by atoms with Crippen LogP contribution in [0.5, 0.6) is 0 Å². The second kappa shape index (κ2) is 4.62. The number of benzene rings is 1. The third-order valence-corrected chi connectivity index (χ3v) is 3.03. The molecule has 0 saturated carbocycles. The van der Waals surface area contributed by atoms with Crippen molar-refractivity contribution in [2.45, 2.75) is 26.7 Å². The molecule has 0 atom stereocenters. The van der Waals surface area contributed by atoms with Crippen LogP contribution in [-0.2, 0) is 0 Å². The quantitative estimate of drug-likeness (QED) is 0.845. The summed E-state index contributed by atoms with van der Waals surface area (Å²) in [6, 6.07) is 6.61. The lowest BCUT2D eigenvalue weighted by atomic mass is 9.97. The van der Waals surface area contributed by atoms with Crippen LogP contribution in [0.3, 0.4) is 0 Å². The molecule has 90 valence electrons. The molecule has 0 spiro atoms.